The minimum Gasteiger partial charge on any atom is -0.306 e. The summed E-state index contributed by atoms with van der Waals surface area (Å²) in [6, 6.07) is 14.0. The SMILES string of the molecule is Cc1ccc2c(c1)[nH]c(=O)n2Cc1ccc(Br)cc1. The van der Waals surface area contributed by atoms with Crippen LogP contribution in [0.25, 0.3) is 11.0 Å². The van der Waals surface area contributed by atoms with Crippen molar-refractivity contribution in [2.45, 2.75) is 13.5 Å². The largest absolute Gasteiger partial charge is 0.326 e. The van der Waals surface area contributed by atoms with E-state index in [2.05, 4.69) is 20.9 Å². The third-order valence-corrected chi connectivity index (χ3v) is 3.71. The van der Waals surface area contributed by atoms with E-state index < -0.39 is 0 Å². The van der Waals surface area contributed by atoms with Gasteiger partial charge in [0.1, 0.15) is 0 Å². The average Bonchev–Trinajstić information content (AvgIpc) is 2.68. The number of benzene rings is 2. The molecule has 0 bridgehead atoms. The molecular weight excluding hydrogens is 304 g/mol. The number of imidazole rings is 1. The summed E-state index contributed by atoms with van der Waals surface area (Å²) in [5.74, 6) is 0. The Balaban J connectivity index is 2.07. The molecule has 0 spiro atoms. The third-order valence-electron chi connectivity index (χ3n) is 3.18. The summed E-state index contributed by atoms with van der Waals surface area (Å²) in [6.07, 6.45) is 0. The number of nitrogens with one attached hydrogen (secondary N) is 1. The zero-order valence-corrected chi connectivity index (χ0v) is 12.1. The molecule has 0 aliphatic heterocycles. The lowest BCUT2D eigenvalue weighted by Crippen LogP contribution is -2.17. The zero-order chi connectivity index (χ0) is 13.4. The molecule has 1 N–H and O–H groups in total. The molecule has 0 radical (unpaired) electrons. The molecule has 0 aliphatic carbocycles. The maximum absolute atomic E-state index is 12.0. The Labute approximate surface area is 119 Å². The van der Waals surface area contributed by atoms with Gasteiger partial charge >= 0.3 is 5.69 Å². The number of H-pyrrole nitrogens is 1. The van der Waals surface area contributed by atoms with E-state index in [-0.39, 0.29) is 5.69 Å². The summed E-state index contributed by atoms with van der Waals surface area (Å²) in [4.78, 5) is 14.9. The van der Waals surface area contributed by atoms with Crippen LogP contribution in [0.1, 0.15) is 11.1 Å². The van der Waals surface area contributed by atoms with Crippen molar-refractivity contribution in [3.63, 3.8) is 0 Å². The van der Waals surface area contributed by atoms with Crippen molar-refractivity contribution in [3.8, 4) is 0 Å². The van der Waals surface area contributed by atoms with Crippen molar-refractivity contribution in [3.05, 3.63) is 68.5 Å². The number of aromatic nitrogens is 2. The fraction of sp³-hybridized carbons (Fsp3) is 0.133. The van der Waals surface area contributed by atoms with E-state index in [1.54, 1.807) is 4.57 Å². The maximum Gasteiger partial charge on any atom is 0.326 e. The lowest BCUT2D eigenvalue weighted by Gasteiger charge is -2.04. The van der Waals surface area contributed by atoms with Gasteiger partial charge in [-0.05, 0) is 42.3 Å². The Morgan fingerprint density at radius 2 is 1.89 bits per heavy atom. The smallest absolute Gasteiger partial charge is 0.306 e. The predicted octanol–water partition coefficient (Wildman–Crippen LogP) is 3.45. The first-order valence-electron chi connectivity index (χ1n) is 6.07. The second kappa shape index (κ2) is 4.70. The Bertz CT molecular complexity index is 784. The summed E-state index contributed by atoms with van der Waals surface area (Å²) < 4.78 is 2.80. The molecule has 2 aromatic carbocycles. The van der Waals surface area contributed by atoms with Gasteiger partial charge in [0.15, 0.2) is 0 Å². The van der Waals surface area contributed by atoms with Gasteiger partial charge in [-0.2, -0.15) is 0 Å². The Kier molecular flexibility index (Phi) is 3.03. The van der Waals surface area contributed by atoms with E-state index in [1.807, 2.05) is 49.4 Å². The number of hydrogen-bond acceptors (Lipinski definition) is 1. The molecular formula is C15H13BrN2O. The van der Waals surface area contributed by atoms with Gasteiger partial charge in [-0.3, -0.25) is 4.57 Å². The van der Waals surface area contributed by atoms with Gasteiger partial charge < -0.3 is 4.98 Å². The fourth-order valence-electron chi connectivity index (χ4n) is 2.21. The molecule has 19 heavy (non-hydrogen) atoms. The van der Waals surface area contributed by atoms with Gasteiger partial charge in [0.25, 0.3) is 0 Å². The van der Waals surface area contributed by atoms with Gasteiger partial charge in [0.2, 0.25) is 0 Å². The fourth-order valence-corrected chi connectivity index (χ4v) is 2.47. The van der Waals surface area contributed by atoms with Crippen molar-refractivity contribution < 1.29 is 0 Å². The number of hydrogen-bond donors (Lipinski definition) is 1. The monoisotopic (exact) mass is 316 g/mol. The van der Waals surface area contributed by atoms with E-state index >= 15 is 0 Å². The van der Waals surface area contributed by atoms with Crippen LogP contribution in [-0.4, -0.2) is 9.55 Å². The van der Waals surface area contributed by atoms with Crippen molar-refractivity contribution in [2.75, 3.05) is 0 Å². The highest BCUT2D eigenvalue weighted by atomic mass is 79.9. The van der Waals surface area contributed by atoms with Crippen molar-refractivity contribution in [2.24, 2.45) is 0 Å². The molecule has 3 rings (SSSR count). The minimum absolute atomic E-state index is 0.0662. The normalized spacial score (nSPS) is 11.1. The predicted molar refractivity (Wildman–Crippen MR) is 80.5 cm³/mol. The second-order valence-corrected chi connectivity index (χ2v) is 5.58. The van der Waals surface area contributed by atoms with Crippen LogP contribution in [0.15, 0.2) is 51.7 Å². The minimum atomic E-state index is -0.0662. The van der Waals surface area contributed by atoms with Gasteiger partial charge in [-0.15, -0.1) is 0 Å². The highest BCUT2D eigenvalue weighted by molar-refractivity contribution is 9.10. The lowest BCUT2D eigenvalue weighted by atomic mass is 10.2. The first kappa shape index (κ1) is 12.2. The molecule has 0 unspecified atom stereocenters. The number of aromatic amines is 1. The first-order valence-corrected chi connectivity index (χ1v) is 6.86. The lowest BCUT2D eigenvalue weighted by molar-refractivity contribution is 0.787. The number of halogens is 1. The molecule has 1 aromatic heterocycles. The summed E-state index contributed by atoms with van der Waals surface area (Å²) in [5, 5.41) is 0. The van der Waals surface area contributed by atoms with E-state index in [1.165, 1.54) is 0 Å². The van der Waals surface area contributed by atoms with E-state index in [9.17, 15) is 4.79 Å². The molecule has 0 saturated heterocycles. The standard InChI is InChI=1S/C15H13BrN2O/c1-10-2-7-14-13(8-10)17-15(19)18(14)9-11-3-5-12(16)6-4-11/h2-8H,9H2,1H3,(H,17,19). The Hall–Kier alpha value is -1.81. The average molecular weight is 317 g/mol. The topological polar surface area (TPSA) is 37.8 Å². The van der Waals surface area contributed by atoms with Crippen LogP contribution in [0, 0.1) is 6.92 Å². The third kappa shape index (κ3) is 2.36. The summed E-state index contributed by atoms with van der Waals surface area (Å²) in [5.41, 5.74) is 4.01. The number of rotatable bonds is 2. The van der Waals surface area contributed by atoms with Crippen molar-refractivity contribution in [1.29, 1.82) is 0 Å². The van der Waals surface area contributed by atoms with Crippen LogP contribution in [-0.2, 0) is 6.54 Å². The molecule has 96 valence electrons. The molecule has 3 aromatic rings. The molecule has 1 heterocycles. The van der Waals surface area contributed by atoms with Gasteiger partial charge in [-0.25, -0.2) is 4.79 Å². The van der Waals surface area contributed by atoms with Gasteiger partial charge in [0, 0.05) is 4.47 Å². The highest BCUT2D eigenvalue weighted by Gasteiger charge is 2.07. The second-order valence-electron chi connectivity index (χ2n) is 4.66. The van der Waals surface area contributed by atoms with Gasteiger partial charge in [-0.1, -0.05) is 34.1 Å². The maximum atomic E-state index is 12.0. The van der Waals surface area contributed by atoms with Crippen LogP contribution >= 0.6 is 15.9 Å². The Morgan fingerprint density at radius 3 is 2.63 bits per heavy atom. The van der Waals surface area contributed by atoms with E-state index in [4.69, 9.17) is 0 Å². The molecule has 0 fully saturated rings. The molecule has 0 atom stereocenters. The van der Waals surface area contributed by atoms with Crippen molar-refractivity contribution in [1.82, 2.24) is 9.55 Å². The quantitative estimate of drug-likeness (QED) is 0.772. The first-order chi connectivity index (χ1) is 9.13. The van der Waals surface area contributed by atoms with Crippen LogP contribution in [0.4, 0.5) is 0 Å². The van der Waals surface area contributed by atoms with Crippen LogP contribution in [0.3, 0.4) is 0 Å². The Morgan fingerprint density at radius 1 is 1.16 bits per heavy atom. The van der Waals surface area contributed by atoms with Crippen LogP contribution < -0.4 is 5.69 Å². The number of aryl methyl sites for hydroxylation is 1. The van der Waals surface area contributed by atoms with Crippen LogP contribution in [0.5, 0.6) is 0 Å². The van der Waals surface area contributed by atoms with E-state index in [0.29, 0.717) is 6.54 Å². The van der Waals surface area contributed by atoms with Crippen LogP contribution in [0.2, 0.25) is 0 Å². The molecule has 3 nitrogen and oxygen atoms in total. The van der Waals surface area contributed by atoms with Crippen molar-refractivity contribution >= 4 is 27.0 Å². The van der Waals surface area contributed by atoms with E-state index in [0.717, 1.165) is 26.6 Å². The summed E-state index contributed by atoms with van der Waals surface area (Å²) in [6.45, 7) is 2.60. The molecule has 4 heteroatoms. The highest BCUT2D eigenvalue weighted by Crippen LogP contribution is 2.15. The molecule has 0 saturated carbocycles. The zero-order valence-electron chi connectivity index (χ0n) is 10.5. The van der Waals surface area contributed by atoms with Gasteiger partial charge in [0.05, 0.1) is 17.6 Å². The molecule has 0 amide bonds. The molecule has 0 aliphatic rings. The number of fused-ring (bicyclic) bond motifs is 1. The number of nitrogens with zero attached hydrogens (tertiary/aromatic N) is 1. The summed E-state index contributed by atoms with van der Waals surface area (Å²) >= 11 is 3.41. The summed E-state index contributed by atoms with van der Waals surface area (Å²) in [7, 11) is 0.